The Balaban J connectivity index is 1.58. The van der Waals surface area contributed by atoms with Gasteiger partial charge in [-0.25, -0.2) is 0 Å². The summed E-state index contributed by atoms with van der Waals surface area (Å²) in [5.74, 6) is -3.23. The molecule has 3 heterocycles. The number of aromatic nitrogens is 1. The molecule has 1 aliphatic carbocycles. The molecule has 10 heteroatoms. The van der Waals surface area contributed by atoms with Crippen molar-refractivity contribution < 1.29 is 41.0 Å². The van der Waals surface area contributed by atoms with Crippen LogP contribution in [-0.2, 0) is 21.9 Å². The van der Waals surface area contributed by atoms with Crippen LogP contribution in [-0.4, -0.2) is 28.1 Å². The first-order chi connectivity index (χ1) is 16.2. The van der Waals surface area contributed by atoms with E-state index in [4.69, 9.17) is 4.74 Å². The van der Waals surface area contributed by atoms with E-state index in [1.54, 1.807) is 0 Å². The second-order valence-electron chi connectivity index (χ2n) is 9.58. The van der Waals surface area contributed by atoms with Crippen molar-refractivity contribution in [3.63, 3.8) is 0 Å². The molecule has 0 unspecified atom stereocenters. The van der Waals surface area contributed by atoms with Gasteiger partial charge in [-0.15, -0.1) is 0 Å². The Labute approximate surface area is 196 Å². The van der Waals surface area contributed by atoms with E-state index < -0.39 is 59.1 Å². The predicted octanol–water partition coefficient (Wildman–Crippen LogP) is 6.08. The molecule has 3 aliphatic rings. The lowest BCUT2D eigenvalue weighted by molar-refractivity contribution is -0.144. The second-order valence-corrected chi connectivity index (χ2v) is 9.58. The highest BCUT2D eigenvalue weighted by Gasteiger charge is 2.63. The van der Waals surface area contributed by atoms with Crippen molar-refractivity contribution in [1.82, 2.24) is 4.98 Å². The Morgan fingerprint density at radius 1 is 0.971 bits per heavy atom. The maximum Gasteiger partial charge on any atom is 0.418 e. The summed E-state index contributed by atoms with van der Waals surface area (Å²) >= 11 is 0. The van der Waals surface area contributed by atoms with Crippen LogP contribution in [0.25, 0.3) is 5.57 Å². The smallest absolute Gasteiger partial charge is 0.418 e. The van der Waals surface area contributed by atoms with Crippen LogP contribution in [0.1, 0.15) is 51.4 Å². The van der Waals surface area contributed by atoms with Gasteiger partial charge in [-0.3, -0.25) is 9.78 Å². The molecule has 186 valence electrons. The van der Waals surface area contributed by atoms with Crippen molar-refractivity contribution in [2.24, 2.45) is 11.8 Å². The number of alkyl halides is 6. The van der Waals surface area contributed by atoms with Gasteiger partial charge in [-0.05, 0) is 49.9 Å². The van der Waals surface area contributed by atoms with Crippen LogP contribution in [0.15, 0.2) is 30.2 Å². The Bertz CT molecular complexity index is 1260. The van der Waals surface area contributed by atoms with Crippen molar-refractivity contribution in [1.29, 1.82) is 0 Å². The fourth-order valence-corrected chi connectivity index (χ4v) is 6.10. The number of allylic oxidation sites excluding steroid dienone is 1. The highest BCUT2D eigenvalue weighted by Crippen LogP contribution is 2.59. The Morgan fingerprint density at radius 2 is 1.60 bits per heavy atom. The monoisotopic (exact) mass is 497 g/mol. The van der Waals surface area contributed by atoms with Crippen LogP contribution in [0.4, 0.5) is 26.3 Å². The lowest BCUT2D eigenvalue weighted by Gasteiger charge is -2.29. The molecule has 0 amide bonds. The molecule has 2 saturated heterocycles. The molecule has 2 aromatic rings. The first-order valence-electron chi connectivity index (χ1n) is 11.1. The van der Waals surface area contributed by atoms with Gasteiger partial charge in [0.05, 0.1) is 46.4 Å². The maximum atomic E-state index is 13.8. The summed E-state index contributed by atoms with van der Waals surface area (Å²) in [6, 6.07) is 3.81. The topological polar surface area (TPSA) is 59.4 Å². The van der Waals surface area contributed by atoms with Crippen LogP contribution in [0.3, 0.4) is 0 Å². The predicted molar refractivity (Wildman–Crippen MR) is 112 cm³/mol. The van der Waals surface area contributed by atoms with E-state index in [1.165, 1.54) is 0 Å². The third-order valence-electron chi connectivity index (χ3n) is 7.31. The zero-order valence-electron chi connectivity index (χ0n) is 18.9. The van der Waals surface area contributed by atoms with E-state index >= 15 is 0 Å². The molecule has 0 radical (unpaired) electrons. The normalized spacial score (nSPS) is 28.3. The average Bonchev–Trinajstić information content (AvgIpc) is 3.39. The van der Waals surface area contributed by atoms with Crippen LogP contribution in [0, 0.1) is 32.6 Å². The number of fused-ring (bicyclic) bond motifs is 5. The van der Waals surface area contributed by atoms with Gasteiger partial charge in [0.25, 0.3) is 0 Å². The maximum absolute atomic E-state index is 13.8. The van der Waals surface area contributed by atoms with Gasteiger partial charge in [0.15, 0.2) is 5.78 Å². The summed E-state index contributed by atoms with van der Waals surface area (Å²) < 4.78 is 86.3. The number of aliphatic hydroxyl groups excluding tert-OH is 1. The van der Waals surface area contributed by atoms with E-state index in [9.17, 15) is 36.2 Å². The summed E-state index contributed by atoms with van der Waals surface area (Å²) in [5, 5.41) is 11.2. The third kappa shape index (κ3) is 3.56. The molecule has 2 fully saturated rings. The number of hydrogen-bond acceptors (Lipinski definition) is 4. The number of carbonyl (C=O) groups is 1. The van der Waals surface area contributed by atoms with Gasteiger partial charge in [0.2, 0.25) is 0 Å². The van der Waals surface area contributed by atoms with Crippen molar-refractivity contribution in [3.8, 4) is 0 Å². The van der Waals surface area contributed by atoms with Gasteiger partial charge < -0.3 is 9.84 Å². The minimum Gasteiger partial charge on any atom is -0.511 e. The van der Waals surface area contributed by atoms with Gasteiger partial charge in [0.1, 0.15) is 5.76 Å². The fraction of sp³-hybridized carbons (Fsp3) is 0.440. The van der Waals surface area contributed by atoms with Crippen molar-refractivity contribution in [3.05, 3.63) is 69.2 Å². The minimum atomic E-state index is -5.07. The molecule has 4 nitrogen and oxygen atoms in total. The van der Waals surface area contributed by atoms with Crippen molar-refractivity contribution in [2.75, 3.05) is 0 Å². The number of aliphatic hydroxyl groups is 1. The summed E-state index contributed by atoms with van der Waals surface area (Å²) in [6.07, 6.45) is -11.5. The highest BCUT2D eigenvalue weighted by atomic mass is 19.4. The largest absolute Gasteiger partial charge is 0.511 e. The molecular formula is C25H21F6NO3. The van der Waals surface area contributed by atoms with Crippen LogP contribution >= 0.6 is 0 Å². The number of hydrogen-bond donors (Lipinski definition) is 1. The van der Waals surface area contributed by atoms with E-state index in [-0.39, 0.29) is 29.6 Å². The number of rotatable bonds is 2. The lowest BCUT2D eigenvalue weighted by atomic mass is 9.73. The molecule has 5 atom stereocenters. The van der Waals surface area contributed by atoms with Gasteiger partial charge in [-0.2, -0.15) is 26.3 Å². The number of benzene rings is 1. The molecule has 2 bridgehead atoms. The SMILES string of the molecule is Cc1cc(C)c(C2=C(O)[C@@H]3[C@@H]4O[C@@H](C[C@H]4c4ncc(C(F)(F)F)cc4C(F)(F)F)[C@@H]3C2=O)c(C)c1. The molecular weight excluding hydrogens is 476 g/mol. The summed E-state index contributed by atoms with van der Waals surface area (Å²) in [6.45, 7) is 5.52. The fourth-order valence-electron chi connectivity index (χ4n) is 6.10. The molecule has 0 spiro atoms. The van der Waals surface area contributed by atoms with E-state index in [2.05, 4.69) is 4.98 Å². The first-order valence-corrected chi connectivity index (χ1v) is 11.1. The van der Waals surface area contributed by atoms with Crippen LogP contribution < -0.4 is 0 Å². The quantitative estimate of drug-likeness (QED) is 0.511. The Kier molecular flexibility index (Phi) is 5.15. The number of carbonyl (C=O) groups excluding carboxylic acids is 1. The number of nitrogens with zero attached hydrogens (tertiary/aromatic N) is 1. The number of ether oxygens (including phenoxy) is 1. The van der Waals surface area contributed by atoms with E-state index in [1.807, 2.05) is 32.9 Å². The zero-order valence-corrected chi connectivity index (χ0v) is 18.9. The number of halogens is 6. The summed E-state index contributed by atoms with van der Waals surface area (Å²) in [4.78, 5) is 17.0. The highest BCUT2D eigenvalue weighted by molar-refractivity contribution is 6.26. The van der Waals surface area contributed by atoms with Crippen molar-refractivity contribution >= 4 is 11.4 Å². The lowest BCUT2D eigenvalue weighted by Crippen LogP contribution is -2.34. The first kappa shape index (κ1) is 23.8. The van der Waals surface area contributed by atoms with Gasteiger partial charge in [0, 0.05) is 12.1 Å². The van der Waals surface area contributed by atoms with Gasteiger partial charge >= 0.3 is 12.4 Å². The molecule has 1 aromatic heterocycles. The number of pyridine rings is 1. The summed E-state index contributed by atoms with van der Waals surface area (Å²) in [5.41, 5.74) is -0.265. The standard InChI is InChI=1S/C25H21F6NO3/c1-9-4-10(2)16(11(3)5-9)18-21(33)17-15-7-13(23(35-15)19(17)22(18)34)20-14(25(29,30)31)6-12(8-32-20)24(26,27)28/h4-6,8,13,15,17,19,23,34H,7H2,1-3H3/t13-,15-,17-,19+,23+/m0/s1. The number of ketones is 1. The average molecular weight is 497 g/mol. The molecule has 1 N–H and O–H groups in total. The molecule has 5 rings (SSSR count). The number of aryl methyl sites for hydroxylation is 3. The van der Waals surface area contributed by atoms with Crippen LogP contribution in [0.5, 0.6) is 0 Å². The molecule has 2 aliphatic heterocycles. The van der Waals surface area contributed by atoms with Crippen molar-refractivity contribution in [2.45, 2.75) is 57.7 Å². The van der Waals surface area contributed by atoms with E-state index in [0.29, 0.717) is 11.8 Å². The second kappa shape index (κ2) is 7.56. The molecule has 1 aromatic carbocycles. The van der Waals surface area contributed by atoms with E-state index in [0.717, 1.165) is 16.7 Å². The zero-order chi connectivity index (χ0) is 25.6. The molecule has 0 saturated carbocycles. The number of Topliss-reactive ketones (excluding diaryl/α,β-unsaturated/α-hetero) is 1. The Hall–Kier alpha value is -2.88. The Morgan fingerprint density at radius 3 is 2.17 bits per heavy atom. The molecule has 35 heavy (non-hydrogen) atoms. The van der Waals surface area contributed by atoms with Gasteiger partial charge in [-0.1, -0.05) is 17.7 Å². The third-order valence-corrected chi connectivity index (χ3v) is 7.31. The minimum absolute atomic E-state index is 0.00849. The van der Waals surface area contributed by atoms with Crippen LogP contribution in [0.2, 0.25) is 0 Å². The summed E-state index contributed by atoms with van der Waals surface area (Å²) in [7, 11) is 0.